The van der Waals surface area contributed by atoms with Crippen molar-refractivity contribution in [2.75, 3.05) is 13.2 Å². The van der Waals surface area contributed by atoms with Crippen molar-refractivity contribution in [1.82, 2.24) is 4.98 Å². The number of ether oxygens (including phenoxy) is 2. The maximum atomic E-state index is 5.62. The highest BCUT2D eigenvalue weighted by Gasteiger charge is 2.17. The van der Waals surface area contributed by atoms with Gasteiger partial charge in [-0.2, -0.15) is 0 Å². The van der Waals surface area contributed by atoms with Crippen LogP contribution in [0.3, 0.4) is 0 Å². The molecule has 70 valence electrons. The smallest absolute Gasteiger partial charge is 0.213 e. The Morgan fingerprint density at radius 2 is 2.54 bits per heavy atom. The normalized spacial score (nSPS) is 21.8. The minimum Gasteiger partial charge on any atom is -0.472 e. The summed E-state index contributed by atoms with van der Waals surface area (Å²) < 4.78 is 10.8. The molecule has 1 saturated heterocycles. The SMILES string of the molecule is Cc1ccnc(OC2CCOC2)c1. The van der Waals surface area contributed by atoms with E-state index in [9.17, 15) is 0 Å². The molecule has 3 nitrogen and oxygen atoms in total. The van der Waals surface area contributed by atoms with Gasteiger partial charge in [0.1, 0.15) is 6.10 Å². The fourth-order valence-electron chi connectivity index (χ4n) is 1.35. The van der Waals surface area contributed by atoms with Crippen LogP contribution in [0.25, 0.3) is 0 Å². The Labute approximate surface area is 77.7 Å². The quantitative estimate of drug-likeness (QED) is 0.690. The van der Waals surface area contributed by atoms with E-state index >= 15 is 0 Å². The van der Waals surface area contributed by atoms with Crippen molar-refractivity contribution in [2.24, 2.45) is 0 Å². The molecule has 0 spiro atoms. The summed E-state index contributed by atoms with van der Waals surface area (Å²) >= 11 is 0. The van der Waals surface area contributed by atoms with Gasteiger partial charge in [-0.05, 0) is 18.6 Å². The number of rotatable bonds is 2. The molecule has 3 heteroatoms. The van der Waals surface area contributed by atoms with Gasteiger partial charge in [0.05, 0.1) is 13.2 Å². The van der Waals surface area contributed by atoms with Gasteiger partial charge >= 0.3 is 0 Å². The van der Waals surface area contributed by atoms with E-state index in [4.69, 9.17) is 9.47 Å². The van der Waals surface area contributed by atoms with Crippen LogP contribution in [0.1, 0.15) is 12.0 Å². The van der Waals surface area contributed by atoms with Crippen LogP contribution in [-0.4, -0.2) is 24.3 Å². The third-order valence-electron chi connectivity index (χ3n) is 2.07. The molecule has 0 N–H and O–H groups in total. The van der Waals surface area contributed by atoms with Gasteiger partial charge in [0, 0.05) is 18.7 Å². The van der Waals surface area contributed by atoms with Crippen LogP contribution in [-0.2, 0) is 4.74 Å². The molecule has 2 heterocycles. The van der Waals surface area contributed by atoms with E-state index < -0.39 is 0 Å². The molecule has 2 rings (SSSR count). The first-order valence-corrected chi connectivity index (χ1v) is 4.51. The third kappa shape index (κ3) is 2.18. The lowest BCUT2D eigenvalue weighted by Crippen LogP contribution is -2.16. The van der Waals surface area contributed by atoms with Crippen molar-refractivity contribution in [1.29, 1.82) is 0 Å². The van der Waals surface area contributed by atoms with Crippen LogP contribution in [0.4, 0.5) is 0 Å². The van der Waals surface area contributed by atoms with Gasteiger partial charge in [0.25, 0.3) is 0 Å². The summed E-state index contributed by atoms with van der Waals surface area (Å²) in [5.41, 5.74) is 1.17. The van der Waals surface area contributed by atoms with Gasteiger partial charge in [0.15, 0.2) is 0 Å². The molecule has 1 aromatic heterocycles. The Kier molecular flexibility index (Phi) is 2.45. The highest BCUT2D eigenvalue weighted by atomic mass is 16.5. The Morgan fingerprint density at radius 1 is 1.62 bits per heavy atom. The summed E-state index contributed by atoms with van der Waals surface area (Å²) in [5, 5.41) is 0. The van der Waals surface area contributed by atoms with Gasteiger partial charge in [-0.25, -0.2) is 4.98 Å². The standard InChI is InChI=1S/C10H13NO2/c1-8-2-4-11-10(6-8)13-9-3-5-12-7-9/h2,4,6,9H,3,5,7H2,1H3. The number of aryl methyl sites for hydroxylation is 1. The fourth-order valence-corrected chi connectivity index (χ4v) is 1.35. The summed E-state index contributed by atoms with van der Waals surface area (Å²) in [4.78, 5) is 4.13. The molecular formula is C10H13NO2. The van der Waals surface area contributed by atoms with Crippen molar-refractivity contribution in [3.8, 4) is 5.88 Å². The van der Waals surface area contributed by atoms with Crippen LogP contribution < -0.4 is 4.74 Å². The van der Waals surface area contributed by atoms with E-state index in [2.05, 4.69) is 4.98 Å². The van der Waals surface area contributed by atoms with Gasteiger partial charge < -0.3 is 9.47 Å². The van der Waals surface area contributed by atoms with Crippen molar-refractivity contribution >= 4 is 0 Å². The summed E-state index contributed by atoms with van der Waals surface area (Å²) in [7, 11) is 0. The summed E-state index contributed by atoms with van der Waals surface area (Å²) in [5.74, 6) is 0.704. The number of nitrogens with zero attached hydrogens (tertiary/aromatic N) is 1. The second kappa shape index (κ2) is 3.75. The maximum Gasteiger partial charge on any atom is 0.213 e. The number of pyridine rings is 1. The minimum atomic E-state index is 0.189. The zero-order valence-corrected chi connectivity index (χ0v) is 7.69. The van der Waals surface area contributed by atoms with E-state index in [1.54, 1.807) is 6.20 Å². The van der Waals surface area contributed by atoms with Gasteiger partial charge in [-0.1, -0.05) is 0 Å². The fraction of sp³-hybridized carbons (Fsp3) is 0.500. The lowest BCUT2D eigenvalue weighted by atomic mass is 10.3. The van der Waals surface area contributed by atoms with Crippen molar-refractivity contribution in [3.63, 3.8) is 0 Å². The average molecular weight is 179 g/mol. The number of aromatic nitrogens is 1. The molecule has 0 aliphatic carbocycles. The van der Waals surface area contributed by atoms with Gasteiger partial charge in [0.2, 0.25) is 5.88 Å². The molecule has 1 atom stereocenters. The largest absolute Gasteiger partial charge is 0.472 e. The van der Waals surface area contributed by atoms with E-state index in [-0.39, 0.29) is 6.10 Å². The summed E-state index contributed by atoms with van der Waals surface area (Å²) in [6, 6.07) is 3.90. The van der Waals surface area contributed by atoms with Crippen LogP contribution in [0.15, 0.2) is 18.3 Å². The molecule has 1 aliphatic rings. The summed E-state index contributed by atoms with van der Waals surface area (Å²) in [6.07, 6.45) is 2.92. The molecule has 1 aliphatic heterocycles. The van der Waals surface area contributed by atoms with Crippen LogP contribution in [0.2, 0.25) is 0 Å². The minimum absolute atomic E-state index is 0.189. The topological polar surface area (TPSA) is 31.4 Å². The van der Waals surface area contributed by atoms with E-state index in [0.717, 1.165) is 13.0 Å². The molecule has 1 unspecified atom stereocenters. The molecule has 1 fully saturated rings. The lowest BCUT2D eigenvalue weighted by Gasteiger charge is -2.10. The molecule has 0 amide bonds. The highest BCUT2D eigenvalue weighted by molar-refractivity contribution is 5.18. The second-order valence-corrected chi connectivity index (χ2v) is 3.27. The number of hydrogen-bond donors (Lipinski definition) is 0. The van der Waals surface area contributed by atoms with Crippen LogP contribution in [0, 0.1) is 6.92 Å². The average Bonchev–Trinajstić information content (AvgIpc) is 2.57. The van der Waals surface area contributed by atoms with Crippen LogP contribution in [0.5, 0.6) is 5.88 Å². The van der Waals surface area contributed by atoms with Crippen molar-refractivity contribution < 1.29 is 9.47 Å². The first-order chi connectivity index (χ1) is 6.34. The van der Waals surface area contributed by atoms with Crippen LogP contribution >= 0.6 is 0 Å². The third-order valence-corrected chi connectivity index (χ3v) is 2.07. The van der Waals surface area contributed by atoms with Crippen molar-refractivity contribution in [3.05, 3.63) is 23.9 Å². The Morgan fingerprint density at radius 3 is 3.23 bits per heavy atom. The van der Waals surface area contributed by atoms with Crippen molar-refractivity contribution in [2.45, 2.75) is 19.4 Å². The Bertz CT molecular complexity index is 282. The first kappa shape index (κ1) is 8.51. The molecule has 0 bridgehead atoms. The zero-order valence-electron chi connectivity index (χ0n) is 7.69. The second-order valence-electron chi connectivity index (χ2n) is 3.27. The summed E-state index contributed by atoms with van der Waals surface area (Å²) in [6.45, 7) is 3.52. The molecule has 0 aromatic carbocycles. The maximum absolute atomic E-state index is 5.62. The Balaban J connectivity index is 2.00. The van der Waals surface area contributed by atoms with E-state index in [1.165, 1.54) is 5.56 Å². The first-order valence-electron chi connectivity index (χ1n) is 4.51. The molecule has 0 saturated carbocycles. The number of hydrogen-bond acceptors (Lipinski definition) is 3. The molecule has 1 aromatic rings. The Hall–Kier alpha value is -1.09. The molecule has 0 radical (unpaired) electrons. The lowest BCUT2D eigenvalue weighted by molar-refractivity contribution is 0.138. The molecular weight excluding hydrogens is 166 g/mol. The predicted molar refractivity (Wildman–Crippen MR) is 48.8 cm³/mol. The highest BCUT2D eigenvalue weighted by Crippen LogP contribution is 2.14. The molecule has 13 heavy (non-hydrogen) atoms. The van der Waals surface area contributed by atoms with E-state index in [0.29, 0.717) is 12.5 Å². The predicted octanol–water partition coefficient (Wildman–Crippen LogP) is 1.56. The van der Waals surface area contributed by atoms with Gasteiger partial charge in [-0.3, -0.25) is 0 Å². The monoisotopic (exact) mass is 179 g/mol. The zero-order chi connectivity index (χ0) is 9.10. The van der Waals surface area contributed by atoms with E-state index in [1.807, 2.05) is 19.1 Å². The van der Waals surface area contributed by atoms with Gasteiger partial charge in [-0.15, -0.1) is 0 Å².